The number of hydrogen-bond acceptors (Lipinski definition) is 5. The predicted molar refractivity (Wildman–Crippen MR) is 77.6 cm³/mol. The maximum absolute atomic E-state index is 12.0. The molecular weight excluding hydrogens is 270 g/mol. The number of nitrogens with zero attached hydrogens (tertiary/aromatic N) is 4. The Morgan fingerprint density at radius 2 is 2.00 bits per heavy atom. The number of carbonyl (C=O) groups is 1. The van der Waals surface area contributed by atoms with Gasteiger partial charge in [0.15, 0.2) is 5.82 Å². The lowest BCUT2D eigenvalue weighted by Crippen LogP contribution is -2.43. The molecule has 7 nitrogen and oxygen atoms in total. The van der Waals surface area contributed by atoms with Gasteiger partial charge in [0, 0.05) is 12.5 Å². The number of tetrazole rings is 1. The molecule has 0 spiro atoms. The van der Waals surface area contributed by atoms with Crippen molar-refractivity contribution in [2.75, 3.05) is 6.54 Å². The smallest absolute Gasteiger partial charge is 0.241 e. The average Bonchev–Trinajstić information content (AvgIpc) is 2.78. The van der Waals surface area contributed by atoms with Gasteiger partial charge in [-0.25, -0.2) is 4.68 Å². The highest BCUT2D eigenvalue weighted by Crippen LogP contribution is 2.26. The molecule has 0 bridgehead atoms. The van der Waals surface area contributed by atoms with Crippen LogP contribution in [0.2, 0.25) is 0 Å². The van der Waals surface area contributed by atoms with E-state index in [0.717, 1.165) is 25.7 Å². The van der Waals surface area contributed by atoms with Gasteiger partial charge in [-0.15, -0.1) is 5.10 Å². The molecule has 1 aliphatic carbocycles. The molecule has 0 unspecified atom stereocenters. The summed E-state index contributed by atoms with van der Waals surface area (Å²) in [6.45, 7) is 4.37. The van der Waals surface area contributed by atoms with Crippen LogP contribution in [0.1, 0.15) is 64.1 Å². The summed E-state index contributed by atoms with van der Waals surface area (Å²) in [7, 11) is 0. The molecule has 1 aromatic heterocycles. The Kier molecular flexibility index (Phi) is 5.27. The first kappa shape index (κ1) is 15.9. The van der Waals surface area contributed by atoms with Crippen molar-refractivity contribution in [2.45, 2.75) is 70.4 Å². The van der Waals surface area contributed by atoms with E-state index < -0.39 is 5.60 Å². The van der Waals surface area contributed by atoms with E-state index in [1.165, 1.54) is 17.5 Å². The van der Waals surface area contributed by atoms with Gasteiger partial charge in [-0.2, -0.15) is 0 Å². The SMILES string of the molecule is CC(C)c1nnnn1CC(=O)NCC1(O)CCCCCC1. The molecule has 1 amide bonds. The van der Waals surface area contributed by atoms with Crippen LogP contribution in [-0.4, -0.2) is 43.4 Å². The van der Waals surface area contributed by atoms with Gasteiger partial charge in [0.25, 0.3) is 0 Å². The highest BCUT2D eigenvalue weighted by atomic mass is 16.3. The Hall–Kier alpha value is -1.50. The molecule has 1 aliphatic rings. The van der Waals surface area contributed by atoms with Crippen LogP contribution in [0.25, 0.3) is 0 Å². The molecule has 118 valence electrons. The Morgan fingerprint density at radius 1 is 1.33 bits per heavy atom. The fourth-order valence-corrected chi connectivity index (χ4v) is 2.76. The lowest BCUT2D eigenvalue weighted by atomic mass is 9.94. The van der Waals surface area contributed by atoms with Crippen molar-refractivity contribution in [3.05, 3.63) is 5.82 Å². The number of aliphatic hydroxyl groups is 1. The van der Waals surface area contributed by atoms with Gasteiger partial charge in [0.1, 0.15) is 6.54 Å². The van der Waals surface area contributed by atoms with Gasteiger partial charge >= 0.3 is 0 Å². The van der Waals surface area contributed by atoms with Crippen molar-refractivity contribution in [2.24, 2.45) is 0 Å². The van der Waals surface area contributed by atoms with Gasteiger partial charge in [0.05, 0.1) is 5.60 Å². The van der Waals surface area contributed by atoms with Crippen LogP contribution < -0.4 is 5.32 Å². The number of nitrogens with one attached hydrogen (secondary N) is 1. The van der Waals surface area contributed by atoms with Crippen LogP contribution in [0, 0.1) is 0 Å². The molecule has 0 atom stereocenters. The summed E-state index contributed by atoms with van der Waals surface area (Å²) < 4.78 is 1.51. The van der Waals surface area contributed by atoms with Crippen molar-refractivity contribution >= 4 is 5.91 Å². The van der Waals surface area contributed by atoms with Crippen molar-refractivity contribution in [1.82, 2.24) is 25.5 Å². The van der Waals surface area contributed by atoms with Crippen LogP contribution >= 0.6 is 0 Å². The normalized spacial score (nSPS) is 18.5. The van der Waals surface area contributed by atoms with Crippen molar-refractivity contribution in [3.8, 4) is 0 Å². The molecule has 2 rings (SSSR count). The highest BCUT2D eigenvalue weighted by Gasteiger charge is 2.28. The number of rotatable bonds is 5. The Morgan fingerprint density at radius 3 is 2.62 bits per heavy atom. The van der Waals surface area contributed by atoms with Crippen LogP contribution in [0.15, 0.2) is 0 Å². The summed E-state index contributed by atoms with van der Waals surface area (Å²) in [5.41, 5.74) is -0.756. The molecular formula is C14H25N5O2. The second kappa shape index (κ2) is 6.98. The zero-order valence-corrected chi connectivity index (χ0v) is 12.9. The number of carbonyl (C=O) groups excluding carboxylic acids is 1. The summed E-state index contributed by atoms with van der Waals surface area (Å²) in [5.74, 6) is 0.694. The minimum atomic E-state index is -0.756. The molecule has 0 saturated heterocycles. The molecule has 1 heterocycles. The minimum absolute atomic E-state index is 0.0938. The second-order valence-corrected chi connectivity index (χ2v) is 6.26. The summed E-state index contributed by atoms with van der Waals surface area (Å²) in [6, 6.07) is 0. The molecule has 7 heteroatoms. The van der Waals surface area contributed by atoms with Crippen LogP contribution in [-0.2, 0) is 11.3 Å². The Balaban J connectivity index is 1.85. The molecule has 0 aromatic carbocycles. The first-order valence-corrected chi connectivity index (χ1v) is 7.75. The van der Waals surface area contributed by atoms with Gasteiger partial charge in [-0.1, -0.05) is 39.5 Å². The van der Waals surface area contributed by atoms with Crippen LogP contribution in [0.3, 0.4) is 0 Å². The standard InChI is InChI=1S/C14H25N5O2/c1-11(2)13-16-17-18-19(13)9-12(20)15-10-14(21)7-5-3-4-6-8-14/h11,21H,3-10H2,1-2H3,(H,15,20). The molecule has 0 radical (unpaired) electrons. The quantitative estimate of drug-likeness (QED) is 0.790. The maximum atomic E-state index is 12.0. The minimum Gasteiger partial charge on any atom is -0.388 e. The molecule has 1 fully saturated rings. The molecule has 2 N–H and O–H groups in total. The third kappa shape index (κ3) is 4.49. The number of amides is 1. The van der Waals surface area contributed by atoms with E-state index in [9.17, 15) is 9.90 Å². The van der Waals surface area contributed by atoms with Gasteiger partial charge in [-0.3, -0.25) is 4.79 Å². The first-order valence-electron chi connectivity index (χ1n) is 7.75. The molecule has 1 aromatic rings. The third-order valence-electron chi connectivity index (χ3n) is 4.02. The van der Waals surface area contributed by atoms with E-state index >= 15 is 0 Å². The van der Waals surface area contributed by atoms with Crippen molar-refractivity contribution in [3.63, 3.8) is 0 Å². The summed E-state index contributed by atoms with van der Waals surface area (Å²) in [4.78, 5) is 12.0. The summed E-state index contributed by atoms with van der Waals surface area (Å²) in [6.07, 6.45) is 5.90. The topological polar surface area (TPSA) is 92.9 Å². The largest absolute Gasteiger partial charge is 0.388 e. The fraction of sp³-hybridized carbons (Fsp3) is 0.857. The van der Waals surface area contributed by atoms with E-state index in [1.54, 1.807) is 0 Å². The number of hydrogen-bond donors (Lipinski definition) is 2. The zero-order chi connectivity index (χ0) is 15.3. The Labute approximate surface area is 125 Å². The lowest BCUT2D eigenvalue weighted by Gasteiger charge is -2.26. The van der Waals surface area contributed by atoms with Gasteiger partial charge < -0.3 is 10.4 Å². The van der Waals surface area contributed by atoms with Gasteiger partial charge in [0.2, 0.25) is 5.91 Å². The summed E-state index contributed by atoms with van der Waals surface area (Å²) >= 11 is 0. The van der Waals surface area contributed by atoms with Crippen LogP contribution in [0.4, 0.5) is 0 Å². The molecule has 0 aliphatic heterocycles. The first-order chi connectivity index (χ1) is 10.0. The maximum Gasteiger partial charge on any atom is 0.241 e. The van der Waals surface area contributed by atoms with Crippen LogP contribution in [0.5, 0.6) is 0 Å². The molecule has 21 heavy (non-hydrogen) atoms. The highest BCUT2D eigenvalue weighted by molar-refractivity contribution is 5.75. The predicted octanol–water partition coefficient (Wildman–Crippen LogP) is 0.998. The number of aromatic nitrogens is 4. The van der Waals surface area contributed by atoms with Gasteiger partial charge in [-0.05, 0) is 23.3 Å². The van der Waals surface area contributed by atoms with Crippen molar-refractivity contribution in [1.29, 1.82) is 0 Å². The lowest BCUT2D eigenvalue weighted by molar-refractivity contribution is -0.123. The fourth-order valence-electron chi connectivity index (χ4n) is 2.76. The third-order valence-corrected chi connectivity index (χ3v) is 4.02. The van der Waals surface area contributed by atoms with E-state index in [-0.39, 0.29) is 18.4 Å². The van der Waals surface area contributed by atoms with E-state index in [0.29, 0.717) is 12.4 Å². The monoisotopic (exact) mass is 295 g/mol. The van der Waals surface area contributed by atoms with E-state index in [1.807, 2.05) is 13.8 Å². The average molecular weight is 295 g/mol. The van der Waals surface area contributed by atoms with E-state index in [2.05, 4.69) is 20.8 Å². The van der Waals surface area contributed by atoms with Crippen molar-refractivity contribution < 1.29 is 9.90 Å². The zero-order valence-electron chi connectivity index (χ0n) is 12.9. The Bertz CT molecular complexity index is 464. The molecule has 1 saturated carbocycles. The summed E-state index contributed by atoms with van der Waals surface area (Å²) in [5, 5.41) is 24.7. The van der Waals surface area contributed by atoms with E-state index in [4.69, 9.17) is 0 Å². The second-order valence-electron chi connectivity index (χ2n) is 6.26.